The summed E-state index contributed by atoms with van der Waals surface area (Å²) in [7, 11) is 0. The van der Waals surface area contributed by atoms with Crippen LogP contribution in [0.25, 0.3) is 0 Å². The first kappa shape index (κ1) is 17.3. The molecule has 0 aromatic heterocycles. The number of benzene rings is 2. The van der Waals surface area contributed by atoms with Gasteiger partial charge in [-0.3, -0.25) is 9.69 Å². The number of hydrogen-bond donors (Lipinski definition) is 0. The fraction of sp³-hybridized carbons (Fsp3) is 0.435. The van der Waals surface area contributed by atoms with Crippen LogP contribution in [0.4, 0.5) is 0 Å². The molecule has 2 aliphatic rings. The Bertz CT molecular complexity index is 768. The quantitative estimate of drug-likeness (QED) is 0.833. The lowest BCUT2D eigenvalue weighted by molar-refractivity contribution is 0.0734. The van der Waals surface area contributed by atoms with Crippen LogP contribution in [-0.4, -0.2) is 35.3 Å². The molecular weight excluding hydrogens is 320 g/mol. The third-order valence-electron chi connectivity index (χ3n) is 5.77. The lowest BCUT2D eigenvalue weighted by Gasteiger charge is -2.31. The molecule has 0 N–H and O–H groups in total. The molecule has 1 atom stereocenters. The molecule has 0 saturated carbocycles. The molecule has 136 valence electrons. The van der Waals surface area contributed by atoms with Crippen LogP contribution in [-0.2, 0) is 19.5 Å². The van der Waals surface area contributed by atoms with E-state index >= 15 is 0 Å². The van der Waals surface area contributed by atoms with Crippen molar-refractivity contribution in [1.29, 1.82) is 0 Å². The first-order chi connectivity index (χ1) is 12.7. The van der Waals surface area contributed by atoms with E-state index in [-0.39, 0.29) is 5.91 Å². The summed E-state index contributed by atoms with van der Waals surface area (Å²) in [5.74, 6) is 0.948. The van der Waals surface area contributed by atoms with Gasteiger partial charge in [-0.1, -0.05) is 43.3 Å². The molecule has 2 aromatic carbocycles. The van der Waals surface area contributed by atoms with Crippen LogP contribution in [0.2, 0.25) is 0 Å². The second kappa shape index (κ2) is 7.63. The summed E-state index contributed by atoms with van der Waals surface area (Å²) in [4.78, 5) is 17.4. The number of nitrogens with zero attached hydrogens (tertiary/aromatic N) is 2. The van der Waals surface area contributed by atoms with Crippen molar-refractivity contribution in [3.8, 4) is 0 Å². The molecule has 0 spiro atoms. The molecule has 0 radical (unpaired) electrons. The van der Waals surface area contributed by atoms with E-state index in [0.717, 1.165) is 37.5 Å². The second-order valence-electron chi connectivity index (χ2n) is 7.92. The van der Waals surface area contributed by atoms with E-state index in [2.05, 4.69) is 48.2 Å². The second-order valence-corrected chi connectivity index (χ2v) is 7.92. The number of amides is 1. The number of carbonyl (C=O) groups is 1. The predicted octanol–water partition coefficient (Wildman–Crippen LogP) is 4.12. The average Bonchev–Trinajstić information content (AvgIpc) is 2.68. The van der Waals surface area contributed by atoms with Gasteiger partial charge in [-0.2, -0.15) is 0 Å². The molecule has 2 heterocycles. The summed E-state index contributed by atoms with van der Waals surface area (Å²) in [6, 6.07) is 16.7. The molecule has 2 aromatic rings. The van der Waals surface area contributed by atoms with Gasteiger partial charge in [0.15, 0.2) is 0 Å². The van der Waals surface area contributed by atoms with E-state index in [9.17, 15) is 4.79 Å². The zero-order valence-electron chi connectivity index (χ0n) is 15.7. The summed E-state index contributed by atoms with van der Waals surface area (Å²) < 4.78 is 0. The summed E-state index contributed by atoms with van der Waals surface area (Å²) in [5.41, 5.74) is 4.77. The third-order valence-corrected chi connectivity index (χ3v) is 5.77. The molecule has 0 aliphatic carbocycles. The van der Waals surface area contributed by atoms with Gasteiger partial charge in [0.1, 0.15) is 0 Å². The molecular formula is C23H28N2O. The van der Waals surface area contributed by atoms with Gasteiger partial charge in [-0.15, -0.1) is 0 Å². The number of carbonyl (C=O) groups excluding carboxylic acids is 1. The summed E-state index contributed by atoms with van der Waals surface area (Å²) in [6.45, 7) is 7.25. The topological polar surface area (TPSA) is 23.6 Å². The lowest BCUT2D eigenvalue weighted by atomic mass is 9.98. The summed E-state index contributed by atoms with van der Waals surface area (Å²) in [5, 5.41) is 0. The smallest absolute Gasteiger partial charge is 0.254 e. The molecule has 2 aliphatic heterocycles. The van der Waals surface area contributed by atoms with E-state index < -0.39 is 0 Å². The normalized spacial score (nSPS) is 20.7. The largest absolute Gasteiger partial charge is 0.334 e. The Labute approximate surface area is 156 Å². The van der Waals surface area contributed by atoms with E-state index in [1.165, 1.54) is 42.6 Å². The first-order valence-electron chi connectivity index (χ1n) is 9.86. The van der Waals surface area contributed by atoms with Crippen molar-refractivity contribution in [3.05, 3.63) is 70.8 Å². The average molecular weight is 348 g/mol. The minimum absolute atomic E-state index is 0.151. The Balaban J connectivity index is 1.40. The summed E-state index contributed by atoms with van der Waals surface area (Å²) in [6.07, 6.45) is 3.60. The van der Waals surface area contributed by atoms with Gasteiger partial charge in [0.2, 0.25) is 0 Å². The third kappa shape index (κ3) is 3.83. The maximum absolute atomic E-state index is 12.9. The van der Waals surface area contributed by atoms with Crippen LogP contribution >= 0.6 is 0 Å². The highest BCUT2D eigenvalue weighted by Crippen LogP contribution is 2.21. The van der Waals surface area contributed by atoms with Crippen molar-refractivity contribution in [1.82, 2.24) is 9.80 Å². The van der Waals surface area contributed by atoms with Crippen LogP contribution in [0.1, 0.15) is 46.8 Å². The van der Waals surface area contributed by atoms with Crippen LogP contribution in [0.3, 0.4) is 0 Å². The molecule has 0 bridgehead atoms. The maximum atomic E-state index is 12.9. The molecule has 26 heavy (non-hydrogen) atoms. The predicted molar refractivity (Wildman–Crippen MR) is 105 cm³/mol. The van der Waals surface area contributed by atoms with E-state index in [1.807, 2.05) is 17.0 Å². The number of fused-ring (bicyclic) bond motifs is 1. The number of hydrogen-bond acceptors (Lipinski definition) is 2. The number of rotatable bonds is 3. The Morgan fingerprint density at radius 3 is 2.58 bits per heavy atom. The van der Waals surface area contributed by atoms with Crippen LogP contribution in [0.5, 0.6) is 0 Å². The van der Waals surface area contributed by atoms with Gasteiger partial charge < -0.3 is 4.90 Å². The Kier molecular flexibility index (Phi) is 5.07. The molecule has 3 heteroatoms. The number of piperidine rings is 1. The standard InChI is InChI=1S/C23H28N2O/c1-18-5-4-13-24(15-18)16-19-8-10-21(11-9-19)23(26)25-14-12-20-6-2-3-7-22(20)17-25/h2-3,6-11,18H,4-5,12-17H2,1H3/t18-/m1/s1. The van der Waals surface area contributed by atoms with Gasteiger partial charge in [0.25, 0.3) is 5.91 Å². The van der Waals surface area contributed by atoms with E-state index in [4.69, 9.17) is 0 Å². The van der Waals surface area contributed by atoms with Gasteiger partial charge >= 0.3 is 0 Å². The van der Waals surface area contributed by atoms with Crippen molar-refractivity contribution in [3.63, 3.8) is 0 Å². The molecule has 1 fully saturated rings. The minimum Gasteiger partial charge on any atom is -0.334 e. The Morgan fingerprint density at radius 2 is 1.81 bits per heavy atom. The van der Waals surface area contributed by atoms with Crippen LogP contribution in [0, 0.1) is 5.92 Å². The van der Waals surface area contributed by atoms with Crippen molar-refractivity contribution >= 4 is 5.91 Å². The van der Waals surface area contributed by atoms with E-state index in [0.29, 0.717) is 0 Å². The van der Waals surface area contributed by atoms with Crippen molar-refractivity contribution in [2.24, 2.45) is 5.92 Å². The monoisotopic (exact) mass is 348 g/mol. The van der Waals surface area contributed by atoms with Gasteiger partial charge in [-0.05, 0) is 60.5 Å². The highest BCUT2D eigenvalue weighted by Gasteiger charge is 2.21. The molecule has 3 nitrogen and oxygen atoms in total. The van der Waals surface area contributed by atoms with Gasteiger partial charge in [0, 0.05) is 31.7 Å². The molecule has 1 saturated heterocycles. The fourth-order valence-electron chi connectivity index (χ4n) is 4.29. The minimum atomic E-state index is 0.151. The molecule has 1 amide bonds. The van der Waals surface area contributed by atoms with Gasteiger partial charge in [-0.25, -0.2) is 0 Å². The highest BCUT2D eigenvalue weighted by atomic mass is 16.2. The summed E-state index contributed by atoms with van der Waals surface area (Å²) >= 11 is 0. The Morgan fingerprint density at radius 1 is 1.04 bits per heavy atom. The lowest BCUT2D eigenvalue weighted by Crippen LogP contribution is -2.36. The van der Waals surface area contributed by atoms with Crippen LogP contribution in [0.15, 0.2) is 48.5 Å². The van der Waals surface area contributed by atoms with E-state index in [1.54, 1.807) is 0 Å². The SMILES string of the molecule is C[C@@H]1CCCN(Cc2ccc(C(=O)N3CCc4ccccc4C3)cc2)C1. The molecule has 0 unspecified atom stereocenters. The van der Waals surface area contributed by atoms with Crippen molar-refractivity contribution < 1.29 is 4.79 Å². The highest BCUT2D eigenvalue weighted by molar-refractivity contribution is 5.94. The first-order valence-corrected chi connectivity index (χ1v) is 9.86. The van der Waals surface area contributed by atoms with Crippen molar-refractivity contribution in [2.45, 2.75) is 39.3 Å². The molecule has 4 rings (SSSR count). The number of likely N-dealkylation sites (tertiary alicyclic amines) is 1. The maximum Gasteiger partial charge on any atom is 0.254 e. The Hall–Kier alpha value is -2.13. The van der Waals surface area contributed by atoms with Crippen LogP contribution < -0.4 is 0 Å². The zero-order chi connectivity index (χ0) is 17.9. The van der Waals surface area contributed by atoms with Crippen molar-refractivity contribution in [2.75, 3.05) is 19.6 Å². The van der Waals surface area contributed by atoms with Gasteiger partial charge in [0.05, 0.1) is 0 Å². The zero-order valence-corrected chi connectivity index (χ0v) is 15.7. The fourth-order valence-corrected chi connectivity index (χ4v) is 4.29.